The molecule has 8 aromatic carbocycles. The molecule has 0 spiro atoms. The molecule has 0 aliphatic carbocycles. The number of alkyl halides is 3. The van der Waals surface area contributed by atoms with E-state index < -0.39 is 78.5 Å². The lowest BCUT2D eigenvalue weighted by molar-refractivity contribution is -0.385. The number of amides is 5. The number of nitrogens with two attached hydrogens (primary N) is 1. The van der Waals surface area contributed by atoms with Crippen molar-refractivity contribution < 1.29 is 72.3 Å². The molecule has 0 radical (unpaired) electrons. The largest absolute Gasteiger partial charge is 0.508 e. The maximum Gasteiger partial charge on any atom is 0.416 e. The molecular formula is C98H93F3N26O20. The smallest absolute Gasteiger partial charge is 0.416 e. The summed E-state index contributed by atoms with van der Waals surface area (Å²) in [5.74, 6) is -3.26. The van der Waals surface area contributed by atoms with E-state index in [4.69, 9.17) is 5.73 Å². The summed E-state index contributed by atoms with van der Waals surface area (Å²) in [6, 6.07) is 51.9. The Hall–Kier alpha value is -20.2. The number of nitrogens with zero attached hydrogens (tertiary/aromatic N) is 15. The Morgan fingerprint density at radius 2 is 0.660 bits per heavy atom. The molecule has 7 heterocycles. The molecule has 15 rings (SSSR count). The summed E-state index contributed by atoms with van der Waals surface area (Å²) in [4.78, 5) is 165. The van der Waals surface area contributed by atoms with E-state index in [1.165, 1.54) is 131 Å². The molecule has 15 aromatic rings. The summed E-state index contributed by atoms with van der Waals surface area (Å²) >= 11 is 0. The zero-order valence-corrected chi connectivity index (χ0v) is 80.2. The van der Waals surface area contributed by atoms with Crippen LogP contribution in [0.5, 0.6) is 23.0 Å². The Kier molecular flexibility index (Phi) is 33.7. The van der Waals surface area contributed by atoms with E-state index in [0.29, 0.717) is 79.4 Å². The van der Waals surface area contributed by atoms with Crippen molar-refractivity contribution in [2.45, 2.75) is 102 Å². The molecule has 147 heavy (non-hydrogen) atoms. The van der Waals surface area contributed by atoms with Gasteiger partial charge in [-0.05, 0) is 195 Å². The van der Waals surface area contributed by atoms with Crippen LogP contribution in [0.1, 0.15) is 175 Å². The van der Waals surface area contributed by atoms with Gasteiger partial charge in [0.15, 0.2) is 11.6 Å². The van der Waals surface area contributed by atoms with Crippen LogP contribution in [0.2, 0.25) is 0 Å². The number of nitro groups is 3. The van der Waals surface area contributed by atoms with Crippen molar-refractivity contribution >= 4 is 80.8 Å². The number of rotatable bonds is 23. The Morgan fingerprint density at radius 3 is 0.986 bits per heavy atom. The number of aromatic amines is 5. The highest BCUT2D eigenvalue weighted by molar-refractivity contribution is 6.06. The molecule has 7 aromatic heterocycles. The fourth-order valence-corrected chi connectivity index (χ4v) is 14.3. The van der Waals surface area contributed by atoms with Crippen LogP contribution in [0.25, 0.3) is 28.7 Å². The summed E-state index contributed by atoms with van der Waals surface area (Å²) in [5.41, 5.74) is 21.4. The van der Waals surface area contributed by atoms with Gasteiger partial charge in [-0.3, -0.25) is 104 Å². The van der Waals surface area contributed by atoms with Gasteiger partial charge in [-0.15, -0.1) is 0 Å². The number of hydrogen-bond acceptors (Lipinski definition) is 28. The quantitative estimate of drug-likeness (QED) is 0.0122. The number of hydrazone groups is 5. The molecule has 0 saturated heterocycles. The highest BCUT2D eigenvalue weighted by Crippen LogP contribution is 2.32. The number of carbonyl (C=O) groups excluding carboxylic acids is 5. The molecule has 0 saturated carbocycles. The zero-order chi connectivity index (χ0) is 107. The van der Waals surface area contributed by atoms with Crippen molar-refractivity contribution in [3.63, 3.8) is 0 Å². The van der Waals surface area contributed by atoms with Crippen LogP contribution in [-0.4, -0.2) is 152 Å². The molecule has 16 N–H and O–H groups in total. The van der Waals surface area contributed by atoms with Crippen LogP contribution in [0.4, 0.5) is 35.9 Å². The average molecular weight is 2010 g/mol. The standard InChI is InChI=1S/C23H25N5O4.C20H18F3N5O2.C19H17N5O6.C18H16N6O4.C18H17N5O4/c1-14(24-25-21(29)16-9-11-17(12-10-16)23(3,4)5)20-15(2)26-27(22(20)30)18-7-6-8-19(13-18)28(31)32;1-11(25-26-18(29)13-5-3-7-15(24)9-13)17-12(2)27-28(19(17)30)16-8-4-6-14(10-16)20(21,22)23;1-10(20-21-18(27)15-7-6-14(25)9-16(15)26)17-11(2)22-23(19(17)28)12-4-3-5-13(8-12)24(29)30;1-11(20-21-17(25)13-6-5-7-14(10-13)24(27)28)16-12(2)22-23(18(16)26)15-8-3-4-9-19-15;1-10(20-21-17(26)13-7-6-12(24)9-14(13)25)16-11(2)22-23(18(16)27)15-5-3-4-8-19-15/h6-13,26H,1-5H3,(H,25,29);3-10,27H,24H2,1-2H3,(H,26,29);3-9,22,25-26H,1-2H3,(H,21,27);3-10,22H,1-2H3,(H,21,25);3-9,22,24-25H,1-2H3,(H,21,26). The number of nitrogens with one attached hydrogen (secondary N) is 10. The van der Waals surface area contributed by atoms with Crippen molar-refractivity contribution in [2.24, 2.45) is 25.5 Å². The Balaban J connectivity index is 0.000000175. The number of hydrogen-bond donors (Lipinski definition) is 15. The molecule has 0 fully saturated rings. The van der Waals surface area contributed by atoms with Crippen LogP contribution in [0.15, 0.2) is 280 Å². The topological polar surface area (TPSA) is 658 Å². The number of H-pyrrole nitrogens is 5. The SMILES string of the molecule is CC(=NNC(=O)c1ccc(C(C)(C)C)cc1)c1c(C)[nH]n(-c2cccc([N+](=O)[O-])c2)c1=O.CC(=NNC(=O)c1ccc(O)cc1O)c1c(C)[nH]n(-c2cccc([N+](=O)[O-])c2)c1=O.CC(=NNC(=O)c1ccc(O)cc1O)c1c(C)[nH]n(-c2ccccn2)c1=O.CC(=NNC(=O)c1cccc(N)c1)c1c(C)[nH]n(-c2cccc(C(F)(F)F)c2)c1=O.CC(=NNC(=O)c1cccc([N+](=O)[O-])c1)c1c(C)[nH]n(-c2ccccn2)c1=O. The third kappa shape index (κ3) is 26.3. The molecular weight excluding hydrogens is 1920 g/mol. The van der Waals surface area contributed by atoms with Crippen LogP contribution in [-0.2, 0) is 11.6 Å². The van der Waals surface area contributed by atoms with Gasteiger partial charge in [0.2, 0.25) is 0 Å². The Labute approximate surface area is 828 Å². The van der Waals surface area contributed by atoms with Crippen molar-refractivity contribution in [2.75, 3.05) is 5.73 Å². The van der Waals surface area contributed by atoms with Gasteiger partial charge in [0.1, 0.15) is 23.0 Å². The third-order valence-electron chi connectivity index (χ3n) is 21.5. The number of anilines is 1. The van der Waals surface area contributed by atoms with E-state index in [2.05, 4.69) is 109 Å². The predicted molar refractivity (Wildman–Crippen MR) is 537 cm³/mol. The van der Waals surface area contributed by atoms with Crippen LogP contribution < -0.4 is 60.7 Å². The lowest BCUT2D eigenvalue weighted by Crippen LogP contribution is -2.23. The van der Waals surface area contributed by atoms with Crippen molar-refractivity contribution in [1.29, 1.82) is 0 Å². The van der Waals surface area contributed by atoms with Crippen LogP contribution >= 0.6 is 0 Å². The number of carbonyl (C=O) groups is 5. The summed E-state index contributed by atoms with van der Waals surface area (Å²) in [5, 5.41) is 105. The number of non-ortho nitro benzene ring substituents is 3. The zero-order valence-electron chi connectivity index (χ0n) is 80.2. The number of aryl methyl sites for hydroxylation is 5. The molecule has 756 valence electrons. The second-order valence-electron chi connectivity index (χ2n) is 33.1. The molecule has 0 bridgehead atoms. The number of halogens is 3. The van der Waals surface area contributed by atoms with Gasteiger partial charge in [-0.25, -0.2) is 60.5 Å². The Bertz CT molecular complexity index is 8090. The molecule has 0 aliphatic heterocycles. The molecule has 49 heteroatoms. The van der Waals surface area contributed by atoms with Crippen molar-refractivity contribution in [1.82, 2.24) is 86.0 Å². The average Bonchev–Trinajstić information content (AvgIpc) is 1.67. The van der Waals surface area contributed by atoms with E-state index in [1.807, 2.05) is 12.1 Å². The summed E-state index contributed by atoms with van der Waals surface area (Å²) < 4.78 is 44.8. The maximum absolute atomic E-state index is 13.0. The number of pyridine rings is 2. The fourth-order valence-electron chi connectivity index (χ4n) is 14.3. The van der Waals surface area contributed by atoms with Crippen molar-refractivity contribution in [3.05, 3.63) is 408 Å². The van der Waals surface area contributed by atoms with Gasteiger partial charge in [-0.1, -0.05) is 75.4 Å². The van der Waals surface area contributed by atoms with Gasteiger partial charge >= 0.3 is 6.18 Å². The summed E-state index contributed by atoms with van der Waals surface area (Å²) in [6.45, 7) is 22.4. The van der Waals surface area contributed by atoms with Crippen molar-refractivity contribution in [3.8, 4) is 51.7 Å². The molecule has 5 amide bonds. The van der Waals surface area contributed by atoms with E-state index in [9.17, 15) is 112 Å². The van der Waals surface area contributed by atoms with Crippen LogP contribution in [0.3, 0.4) is 0 Å². The van der Waals surface area contributed by atoms with Gasteiger partial charge in [-0.2, -0.15) is 38.7 Å². The second-order valence-corrected chi connectivity index (χ2v) is 33.1. The number of nitro benzene ring substituents is 3. The minimum atomic E-state index is -4.54. The summed E-state index contributed by atoms with van der Waals surface area (Å²) in [7, 11) is 0. The van der Waals surface area contributed by atoms with Gasteiger partial charge in [0.25, 0.3) is 74.4 Å². The van der Waals surface area contributed by atoms with Gasteiger partial charge in [0.05, 0.1) is 105 Å². The number of nitrogen functional groups attached to an aromatic ring is 1. The van der Waals surface area contributed by atoms with Gasteiger partial charge < -0.3 is 26.2 Å². The van der Waals surface area contributed by atoms with Crippen LogP contribution in [0, 0.1) is 65.0 Å². The minimum Gasteiger partial charge on any atom is -0.508 e. The minimum absolute atomic E-state index is 0.0192. The van der Waals surface area contributed by atoms with E-state index >= 15 is 0 Å². The van der Waals surface area contributed by atoms with E-state index in [0.717, 1.165) is 45.3 Å². The lowest BCUT2D eigenvalue weighted by Gasteiger charge is -2.18. The third-order valence-corrected chi connectivity index (χ3v) is 21.5. The molecule has 0 unspecified atom stereocenters. The molecule has 46 nitrogen and oxygen atoms in total. The number of aromatic hydroxyl groups is 4. The first-order valence-electron chi connectivity index (χ1n) is 43.6. The Morgan fingerprint density at radius 1 is 0.354 bits per heavy atom. The maximum atomic E-state index is 13.0. The first kappa shape index (κ1) is 107. The first-order valence-corrected chi connectivity index (χ1v) is 43.6. The number of aromatic nitrogens is 12. The monoisotopic (exact) mass is 2010 g/mol. The second kappa shape index (κ2) is 46.3. The van der Waals surface area contributed by atoms with E-state index in [1.54, 1.807) is 141 Å². The molecule has 0 atom stereocenters. The fraction of sp³-hybridized carbons (Fsp3) is 0.153. The number of benzene rings is 8. The van der Waals surface area contributed by atoms with Gasteiger partial charge in [0, 0.05) is 112 Å². The highest BCUT2D eigenvalue weighted by Gasteiger charge is 2.32. The highest BCUT2D eigenvalue weighted by atomic mass is 19.4. The number of phenolic OH excluding ortho intramolecular Hbond substituents is 4. The molecule has 0 aliphatic rings. The lowest BCUT2D eigenvalue weighted by atomic mass is 9.87. The number of phenols is 4. The predicted octanol–water partition coefficient (Wildman–Crippen LogP) is 12.4. The summed E-state index contributed by atoms with van der Waals surface area (Å²) in [6.07, 6.45) is -1.40. The normalized spacial score (nSPS) is 11.6. The first-order chi connectivity index (χ1) is 69.5. The van der Waals surface area contributed by atoms with E-state index in [-0.39, 0.29) is 118 Å².